The molecule has 1 nitrogen and oxygen atoms in total. The van der Waals surface area contributed by atoms with Crippen molar-refractivity contribution in [3.8, 4) is 0 Å². The lowest BCUT2D eigenvalue weighted by atomic mass is 9.93. The van der Waals surface area contributed by atoms with Gasteiger partial charge in [0.05, 0.1) is 0 Å². The second-order valence-electron chi connectivity index (χ2n) is 8.76. The number of hydrogen-bond donors (Lipinski definition) is 1. The van der Waals surface area contributed by atoms with E-state index < -0.39 is 0 Å². The summed E-state index contributed by atoms with van der Waals surface area (Å²) in [5.41, 5.74) is 0. The largest absolute Gasteiger partial charge is 0.314 e. The first-order valence-corrected chi connectivity index (χ1v) is 11.7. The van der Waals surface area contributed by atoms with Crippen molar-refractivity contribution in [2.75, 3.05) is 6.54 Å². The number of rotatable bonds is 4. The summed E-state index contributed by atoms with van der Waals surface area (Å²) in [6.07, 6.45) is 29.6. The van der Waals surface area contributed by atoms with Gasteiger partial charge in [0.15, 0.2) is 0 Å². The molecule has 0 amide bonds. The molecule has 2 rings (SSSR count). The van der Waals surface area contributed by atoms with Crippen LogP contribution in [0.5, 0.6) is 0 Å². The molecule has 2 fully saturated rings. The highest BCUT2D eigenvalue weighted by Crippen LogP contribution is 2.24. The predicted molar refractivity (Wildman–Crippen MR) is 108 cm³/mol. The highest BCUT2D eigenvalue weighted by molar-refractivity contribution is 4.71. The summed E-state index contributed by atoms with van der Waals surface area (Å²) in [6, 6.07) is 0.820. The molecule has 0 aromatic rings. The van der Waals surface area contributed by atoms with Crippen molar-refractivity contribution in [1.82, 2.24) is 5.32 Å². The van der Waals surface area contributed by atoms with Gasteiger partial charge >= 0.3 is 0 Å². The molecule has 2 aliphatic rings. The van der Waals surface area contributed by atoms with E-state index in [4.69, 9.17) is 0 Å². The Kier molecular flexibility index (Phi) is 12.0. The first kappa shape index (κ1) is 20.3. The minimum Gasteiger partial charge on any atom is -0.314 e. The Morgan fingerprint density at radius 1 is 0.458 bits per heavy atom. The van der Waals surface area contributed by atoms with Crippen LogP contribution in [0.1, 0.15) is 128 Å². The van der Waals surface area contributed by atoms with Crippen LogP contribution in [0.2, 0.25) is 0 Å². The highest BCUT2D eigenvalue weighted by atomic mass is 14.9. The molecule has 0 radical (unpaired) electrons. The van der Waals surface area contributed by atoms with Gasteiger partial charge in [0.2, 0.25) is 0 Å². The van der Waals surface area contributed by atoms with Gasteiger partial charge in [-0.1, -0.05) is 109 Å². The van der Waals surface area contributed by atoms with Crippen molar-refractivity contribution in [3.05, 3.63) is 0 Å². The van der Waals surface area contributed by atoms with Crippen LogP contribution in [0.4, 0.5) is 0 Å². The lowest BCUT2D eigenvalue weighted by Gasteiger charge is -2.22. The molecular weight excluding hydrogens is 290 g/mol. The van der Waals surface area contributed by atoms with E-state index in [1.807, 2.05) is 0 Å². The van der Waals surface area contributed by atoms with Crippen LogP contribution in [0, 0.1) is 5.92 Å². The Balaban J connectivity index is 1.63. The Morgan fingerprint density at radius 3 is 1.29 bits per heavy atom. The van der Waals surface area contributed by atoms with Crippen LogP contribution in [0.15, 0.2) is 0 Å². The lowest BCUT2D eigenvalue weighted by molar-refractivity contribution is 0.355. The topological polar surface area (TPSA) is 12.0 Å². The van der Waals surface area contributed by atoms with Gasteiger partial charge < -0.3 is 5.32 Å². The van der Waals surface area contributed by atoms with Crippen LogP contribution >= 0.6 is 0 Å². The van der Waals surface area contributed by atoms with E-state index in [9.17, 15) is 0 Å². The molecule has 0 spiro atoms. The van der Waals surface area contributed by atoms with Gasteiger partial charge in [-0.05, 0) is 31.7 Å². The first-order chi connectivity index (χ1) is 11.9. The van der Waals surface area contributed by atoms with E-state index in [1.165, 1.54) is 135 Å². The van der Waals surface area contributed by atoms with Gasteiger partial charge in [0.25, 0.3) is 0 Å². The lowest BCUT2D eigenvalue weighted by Crippen LogP contribution is -2.31. The van der Waals surface area contributed by atoms with Crippen LogP contribution in [-0.4, -0.2) is 12.6 Å². The fourth-order valence-electron chi connectivity index (χ4n) is 4.87. The smallest absolute Gasteiger partial charge is 0.00670 e. The summed E-state index contributed by atoms with van der Waals surface area (Å²) in [6.45, 7) is 1.29. The quantitative estimate of drug-likeness (QED) is 0.564. The first-order valence-electron chi connectivity index (χ1n) is 11.7. The number of hydrogen-bond acceptors (Lipinski definition) is 1. The monoisotopic (exact) mass is 335 g/mol. The molecule has 0 aliphatic heterocycles. The normalized spacial score (nSPS) is 25.0. The fraction of sp³-hybridized carbons (Fsp3) is 1.00. The van der Waals surface area contributed by atoms with Crippen molar-refractivity contribution in [3.63, 3.8) is 0 Å². The van der Waals surface area contributed by atoms with Crippen molar-refractivity contribution < 1.29 is 0 Å². The third kappa shape index (κ3) is 10.1. The van der Waals surface area contributed by atoms with Crippen molar-refractivity contribution in [2.24, 2.45) is 5.92 Å². The summed E-state index contributed by atoms with van der Waals surface area (Å²) < 4.78 is 0. The van der Waals surface area contributed by atoms with Crippen LogP contribution in [-0.2, 0) is 0 Å². The molecule has 2 saturated carbocycles. The third-order valence-corrected chi connectivity index (χ3v) is 6.57. The summed E-state index contributed by atoms with van der Waals surface area (Å²) in [5, 5.41) is 3.97. The minimum atomic E-state index is 0.820. The standard InChI is InChI=1S/C23H45N/c1-2-4-10-14-18-23(19-15-11-5-3-1)24-21-20-22-16-12-8-6-7-9-13-17-22/h22-24H,1-21H2. The van der Waals surface area contributed by atoms with Gasteiger partial charge in [-0.2, -0.15) is 0 Å². The van der Waals surface area contributed by atoms with E-state index in [2.05, 4.69) is 5.32 Å². The van der Waals surface area contributed by atoms with Gasteiger partial charge in [-0.3, -0.25) is 0 Å². The molecule has 24 heavy (non-hydrogen) atoms. The van der Waals surface area contributed by atoms with Gasteiger partial charge in [-0.25, -0.2) is 0 Å². The molecule has 0 atom stereocenters. The van der Waals surface area contributed by atoms with E-state index >= 15 is 0 Å². The maximum absolute atomic E-state index is 3.97. The van der Waals surface area contributed by atoms with E-state index in [1.54, 1.807) is 0 Å². The summed E-state index contributed by atoms with van der Waals surface area (Å²) in [7, 11) is 0. The molecule has 142 valence electrons. The molecule has 0 aromatic heterocycles. The molecule has 1 heteroatoms. The summed E-state index contributed by atoms with van der Waals surface area (Å²) >= 11 is 0. The molecule has 0 saturated heterocycles. The predicted octanol–water partition coefficient (Wildman–Crippen LogP) is 7.39. The Bertz CT molecular complexity index is 253. The second-order valence-corrected chi connectivity index (χ2v) is 8.76. The molecule has 2 aliphatic carbocycles. The van der Waals surface area contributed by atoms with Crippen LogP contribution in [0.25, 0.3) is 0 Å². The van der Waals surface area contributed by atoms with Gasteiger partial charge in [-0.15, -0.1) is 0 Å². The molecule has 0 unspecified atom stereocenters. The average molecular weight is 336 g/mol. The SMILES string of the molecule is C1CCCCCC(NCCC2CCCCCCCC2)CCCCC1. The van der Waals surface area contributed by atoms with Gasteiger partial charge in [0.1, 0.15) is 0 Å². The Labute approximate surface area is 152 Å². The zero-order chi connectivity index (χ0) is 16.7. The fourth-order valence-corrected chi connectivity index (χ4v) is 4.87. The van der Waals surface area contributed by atoms with Crippen molar-refractivity contribution >= 4 is 0 Å². The average Bonchev–Trinajstić information content (AvgIpc) is 2.71. The highest BCUT2D eigenvalue weighted by Gasteiger charge is 2.13. The molecule has 1 N–H and O–H groups in total. The van der Waals surface area contributed by atoms with Crippen molar-refractivity contribution in [1.29, 1.82) is 0 Å². The molecular formula is C23H45N. The van der Waals surface area contributed by atoms with Crippen molar-refractivity contribution in [2.45, 2.75) is 134 Å². The van der Waals surface area contributed by atoms with Crippen LogP contribution in [0.3, 0.4) is 0 Å². The Morgan fingerprint density at radius 2 is 0.833 bits per heavy atom. The zero-order valence-electron chi connectivity index (χ0n) is 16.5. The molecule has 0 aromatic carbocycles. The Hall–Kier alpha value is -0.0400. The van der Waals surface area contributed by atoms with E-state index in [0.717, 1.165) is 12.0 Å². The second kappa shape index (κ2) is 14.2. The van der Waals surface area contributed by atoms with Gasteiger partial charge in [0, 0.05) is 6.04 Å². The van der Waals surface area contributed by atoms with E-state index in [-0.39, 0.29) is 0 Å². The number of nitrogens with one attached hydrogen (secondary N) is 1. The molecule has 0 bridgehead atoms. The summed E-state index contributed by atoms with van der Waals surface area (Å²) in [5.74, 6) is 1.02. The molecule has 0 heterocycles. The zero-order valence-corrected chi connectivity index (χ0v) is 16.5. The minimum absolute atomic E-state index is 0.820. The maximum atomic E-state index is 3.97. The van der Waals surface area contributed by atoms with Crippen LogP contribution < -0.4 is 5.32 Å². The summed E-state index contributed by atoms with van der Waals surface area (Å²) in [4.78, 5) is 0. The van der Waals surface area contributed by atoms with E-state index in [0.29, 0.717) is 0 Å². The maximum Gasteiger partial charge on any atom is 0.00670 e. The third-order valence-electron chi connectivity index (χ3n) is 6.57.